The summed E-state index contributed by atoms with van der Waals surface area (Å²) in [7, 11) is 1.92. The molecule has 4 nitrogen and oxygen atoms in total. The molecule has 0 aromatic heterocycles. The quantitative estimate of drug-likeness (QED) is 0.821. The van der Waals surface area contributed by atoms with Crippen LogP contribution in [0.5, 0.6) is 5.75 Å². The van der Waals surface area contributed by atoms with Gasteiger partial charge in [-0.25, -0.2) is 0 Å². The first kappa shape index (κ1) is 13.8. The van der Waals surface area contributed by atoms with Crippen molar-refractivity contribution in [3.8, 4) is 5.75 Å². The fraction of sp³-hybridized carbons (Fsp3) is 0.417. The Morgan fingerprint density at radius 3 is 2.76 bits per heavy atom. The third-order valence-corrected chi connectivity index (χ3v) is 2.70. The number of benzene rings is 1. The normalized spacial score (nSPS) is 10.8. The van der Waals surface area contributed by atoms with E-state index in [4.69, 9.17) is 16.7 Å². The lowest BCUT2D eigenvalue weighted by Crippen LogP contribution is -2.19. The van der Waals surface area contributed by atoms with E-state index in [2.05, 4.69) is 0 Å². The molecule has 0 amide bonds. The zero-order valence-electron chi connectivity index (χ0n) is 9.69. The molecular formula is C12H16ClNO3. The number of halogens is 1. The fourth-order valence-corrected chi connectivity index (χ4v) is 1.74. The minimum Gasteiger partial charge on any atom is -0.506 e. The highest BCUT2D eigenvalue weighted by molar-refractivity contribution is 6.32. The van der Waals surface area contributed by atoms with Crippen LogP contribution in [0.3, 0.4) is 0 Å². The van der Waals surface area contributed by atoms with Crippen LogP contribution >= 0.6 is 11.6 Å². The maximum absolute atomic E-state index is 10.4. The summed E-state index contributed by atoms with van der Waals surface area (Å²) in [6, 6.07) is 5.07. The van der Waals surface area contributed by atoms with Crippen LogP contribution < -0.4 is 0 Å². The number of hydrogen-bond acceptors (Lipinski definition) is 3. The predicted octanol–water partition coefficient (Wildman–Crippen LogP) is 2.34. The second-order valence-electron chi connectivity index (χ2n) is 4.02. The molecule has 0 radical (unpaired) electrons. The third kappa shape index (κ3) is 5.06. The highest BCUT2D eigenvalue weighted by atomic mass is 35.5. The fourth-order valence-electron chi connectivity index (χ4n) is 1.54. The van der Waals surface area contributed by atoms with E-state index < -0.39 is 5.97 Å². The summed E-state index contributed by atoms with van der Waals surface area (Å²) in [5.41, 5.74) is 0.991. The van der Waals surface area contributed by atoms with Gasteiger partial charge in [-0.15, -0.1) is 0 Å². The highest BCUT2D eigenvalue weighted by Gasteiger charge is 2.04. The van der Waals surface area contributed by atoms with Crippen molar-refractivity contribution in [1.29, 1.82) is 0 Å². The Hall–Kier alpha value is -1.26. The molecule has 0 aliphatic heterocycles. The lowest BCUT2D eigenvalue weighted by Gasteiger charge is -2.16. The molecule has 1 aromatic rings. The molecule has 0 atom stereocenters. The summed E-state index contributed by atoms with van der Waals surface area (Å²) >= 11 is 5.80. The number of carboxylic acid groups (broad SMARTS) is 1. The SMILES string of the molecule is CN(CCCC(=O)O)Cc1ccc(O)c(Cl)c1. The Morgan fingerprint density at radius 1 is 1.47 bits per heavy atom. The molecule has 0 spiro atoms. The molecule has 1 rings (SSSR count). The zero-order valence-corrected chi connectivity index (χ0v) is 10.4. The minimum atomic E-state index is -0.772. The number of phenolic OH excluding ortho intramolecular Hbond substituents is 1. The Balaban J connectivity index is 2.42. The summed E-state index contributed by atoms with van der Waals surface area (Å²) in [6.45, 7) is 1.39. The van der Waals surface area contributed by atoms with Gasteiger partial charge in [-0.05, 0) is 37.7 Å². The van der Waals surface area contributed by atoms with Crippen molar-refractivity contribution < 1.29 is 15.0 Å². The first-order valence-electron chi connectivity index (χ1n) is 5.37. The van der Waals surface area contributed by atoms with Crippen LogP contribution in [-0.4, -0.2) is 34.7 Å². The number of nitrogens with zero attached hydrogens (tertiary/aromatic N) is 1. The van der Waals surface area contributed by atoms with Crippen LogP contribution in [0, 0.1) is 0 Å². The maximum atomic E-state index is 10.4. The van der Waals surface area contributed by atoms with Gasteiger partial charge >= 0.3 is 5.97 Å². The van der Waals surface area contributed by atoms with Gasteiger partial charge in [0, 0.05) is 13.0 Å². The van der Waals surface area contributed by atoms with E-state index in [0.717, 1.165) is 5.56 Å². The molecule has 17 heavy (non-hydrogen) atoms. The Bertz CT molecular complexity index is 395. The van der Waals surface area contributed by atoms with E-state index in [1.807, 2.05) is 11.9 Å². The molecule has 0 bridgehead atoms. The molecule has 1 aromatic carbocycles. The number of hydrogen-bond donors (Lipinski definition) is 2. The molecule has 0 fully saturated rings. The van der Waals surface area contributed by atoms with Crippen LogP contribution in [0.15, 0.2) is 18.2 Å². The van der Waals surface area contributed by atoms with E-state index in [9.17, 15) is 9.90 Å². The summed E-state index contributed by atoms with van der Waals surface area (Å²) in [6.07, 6.45) is 0.804. The first-order chi connectivity index (χ1) is 7.99. The summed E-state index contributed by atoms with van der Waals surface area (Å²) in [5, 5.41) is 18.1. The highest BCUT2D eigenvalue weighted by Crippen LogP contribution is 2.24. The van der Waals surface area contributed by atoms with Crippen LogP contribution in [0.2, 0.25) is 5.02 Å². The van der Waals surface area contributed by atoms with Gasteiger partial charge in [-0.3, -0.25) is 4.79 Å². The maximum Gasteiger partial charge on any atom is 0.303 e. The zero-order chi connectivity index (χ0) is 12.8. The van der Waals surface area contributed by atoms with Gasteiger partial charge in [0.25, 0.3) is 0 Å². The van der Waals surface area contributed by atoms with Crippen LogP contribution in [-0.2, 0) is 11.3 Å². The second kappa shape index (κ2) is 6.47. The summed E-state index contributed by atoms with van der Waals surface area (Å²) in [5.74, 6) is -0.699. The van der Waals surface area contributed by atoms with Crippen LogP contribution in [0.1, 0.15) is 18.4 Å². The number of carboxylic acids is 1. The van der Waals surface area contributed by atoms with Gasteiger partial charge in [0.1, 0.15) is 5.75 Å². The minimum absolute atomic E-state index is 0.0731. The predicted molar refractivity (Wildman–Crippen MR) is 66.3 cm³/mol. The average molecular weight is 258 g/mol. The van der Waals surface area contributed by atoms with Crippen molar-refractivity contribution in [2.24, 2.45) is 0 Å². The molecule has 5 heteroatoms. The molecular weight excluding hydrogens is 242 g/mol. The van der Waals surface area contributed by atoms with Gasteiger partial charge < -0.3 is 15.1 Å². The van der Waals surface area contributed by atoms with Crippen molar-refractivity contribution in [3.63, 3.8) is 0 Å². The lowest BCUT2D eigenvalue weighted by atomic mass is 10.2. The molecule has 2 N–H and O–H groups in total. The lowest BCUT2D eigenvalue weighted by molar-refractivity contribution is -0.137. The van der Waals surface area contributed by atoms with Crippen molar-refractivity contribution >= 4 is 17.6 Å². The largest absolute Gasteiger partial charge is 0.506 e. The first-order valence-corrected chi connectivity index (χ1v) is 5.74. The monoisotopic (exact) mass is 257 g/mol. The van der Waals surface area contributed by atoms with Crippen molar-refractivity contribution in [2.75, 3.05) is 13.6 Å². The van der Waals surface area contributed by atoms with Crippen LogP contribution in [0.25, 0.3) is 0 Å². The Morgan fingerprint density at radius 2 is 2.18 bits per heavy atom. The molecule has 0 saturated heterocycles. The second-order valence-corrected chi connectivity index (χ2v) is 4.43. The average Bonchev–Trinajstić information content (AvgIpc) is 2.23. The molecule has 0 aliphatic rings. The van der Waals surface area contributed by atoms with Gasteiger partial charge in [-0.1, -0.05) is 17.7 Å². The molecule has 0 heterocycles. The summed E-state index contributed by atoms with van der Waals surface area (Å²) in [4.78, 5) is 12.4. The van der Waals surface area contributed by atoms with Crippen molar-refractivity contribution in [1.82, 2.24) is 4.90 Å². The molecule has 0 unspecified atom stereocenters. The Kier molecular flexibility index (Phi) is 5.25. The smallest absolute Gasteiger partial charge is 0.303 e. The number of rotatable bonds is 6. The van der Waals surface area contributed by atoms with Gasteiger partial charge in [0.15, 0.2) is 0 Å². The van der Waals surface area contributed by atoms with Gasteiger partial charge in [0.05, 0.1) is 5.02 Å². The topological polar surface area (TPSA) is 60.8 Å². The van der Waals surface area contributed by atoms with E-state index in [0.29, 0.717) is 24.5 Å². The number of aliphatic carboxylic acids is 1. The summed E-state index contributed by atoms with van der Waals surface area (Å²) < 4.78 is 0. The van der Waals surface area contributed by atoms with E-state index in [1.54, 1.807) is 18.2 Å². The third-order valence-electron chi connectivity index (χ3n) is 2.40. The molecule has 0 aliphatic carbocycles. The van der Waals surface area contributed by atoms with Crippen molar-refractivity contribution in [3.05, 3.63) is 28.8 Å². The molecule has 0 saturated carbocycles. The van der Waals surface area contributed by atoms with Crippen LogP contribution in [0.4, 0.5) is 0 Å². The van der Waals surface area contributed by atoms with E-state index in [1.165, 1.54) is 0 Å². The number of phenols is 1. The number of aromatic hydroxyl groups is 1. The van der Waals surface area contributed by atoms with Crippen molar-refractivity contribution in [2.45, 2.75) is 19.4 Å². The van der Waals surface area contributed by atoms with Gasteiger partial charge in [-0.2, -0.15) is 0 Å². The van der Waals surface area contributed by atoms with E-state index >= 15 is 0 Å². The number of carbonyl (C=O) groups is 1. The Labute approximate surface area is 105 Å². The molecule has 94 valence electrons. The standard InChI is InChI=1S/C12H16ClNO3/c1-14(6-2-3-12(16)17)8-9-4-5-11(15)10(13)7-9/h4-5,7,15H,2-3,6,8H2,1H3,(H,16,17). The van der Waals surface area contributed by atoms with Gasteiger partial charge in [0.2, 0.25) is 0 Å². The van der Waals surface area contributed by atoms with E-state index in [-0.39, 0.29) is 12.2 Å².